The van der Waals surface area contributed by atoms with Crippen LogP contribution in [0.1, 0.15) is 31.9 Å². The van der Waals surface area contributed by atoms with Crippen LogP contribution in [-0.4, -0.2) is 6.86 Å². The molecule has 0 fully saturated rings. The van der Waals surface area contributed by atoms with Gasteiger partial charge in [0, 0.05) is 11.1 Å². The van der Waals surface area contributed by atoms with Gasteiger partial charge in [-0.3, -0.25) is 0 Å². The molecule has 0 saturated carbocycles. The van der Waals surface area contributed by atoms with Crippen molar-refractivity contribution in [2.75, 3.05) is 12.6 Å². The number of hydrogen-bond acceptors (Lipinski definition) is 3. The minimum absolute atomic E-state index is 0.0585. The van der Waals surface area contributed by atoms with E-state index in [4.69, 9.17) is 15.7 Å². The second-order valence-corrected chi connectivity index (χ2v) is 4.06. The van der Waals surface area contributed by atoms with Gasteiger partial charge in [0.25, 0.3) is 0 Å². The van der Waals surface area contributed by atoms with Crippen LogP contribution in [0.3, 0.4) is 0 Å². The lowest BCUT2D eigenvalue weighted by Crippen LogP contribution is -2.00. The lowest BCUT2D eigenvalue weighted by molar-refractivity contribution is 0.193. The fraction of sp³-hybridized carbons (Fsp3) is 0.312. The Morgan fingerprint density at radius 2 is 1.95 bits per heavy atom. The number of nitrogens with two attached hydrogens (primary N) is 1. The summed E-state index contributed by atoms with van der Waals surface area (Å²) in [5.41, 5.74) is 6.73. The van der Waals surface area contributed by atoms with Crippen LogP contribution in [0.5, 0.6) is 5.75 Å². The molecular formula is C16H18F2N2O. The Kier molecular flexibility index (Phi) is 5.92. The number of ether oxygens (including phenoxy) is 1. The first-order valence-electron chi connectivity index (χ1n) is 6.75. The van der Waals surface area contributed by atoms with Gasteiger partial charge in [0.15, 0.2) is 5.75 Å². The van der Waals surface area contributed by atoms with E-state index in [1.807, 2.05) is 20.8 Å². The smallest absolute Gasteiger partial charge is 0.228 e. The van der Waals surface area contributed by atoms with Gasteiger partial charge < -0.3 is 10.5 Å². The third-order valence-electron chi connectivity index (χ3n) is 2.94. The summed E-state index contributed by atoms with van der Waals surface area (Å²) in [6.07, 6.45) is 0.612. The van der Waals surface area contributed by atoms with Gasteiger partial charge in [0.2, 0.25) is 6.86 Å². The first kappa shape index (κ1) is 16.7. The van der Waals surface area contributed by atoms with Gasteiger partial charge in [0.05, 0.1) is 0 Å². The number of benzene rings is 2. The third kappa shape index (κ3) is 3.22. The first-order valence-corrected chi connectivity index (χ1v) is 6.75. The average Bonchev–Trinajstić information content (AvgIpc) is 2.48. The summed E-state index contributed by atoms with van der Waals surface area (Å²) >= 11 is 0. The van der Waals surface area contributed by atoms with Crippen molar-refractivity contribution in [3.05, 3.63) is 35.1 Å². The second kappa shape index (κ2) is 7.44. The van der Waals surface area contributed by atoms with Crippen LogP contribution in [0.15, 0.2) is 18.2 Å². The van der Waals surface area contributed by atoms with Gasteiger partial charge in [-0.15, -0.1) is 0 Å². The number of nitrogens with zero attached hydrogens (tertiary/aromatic N) is 1. The molecule has 112 valence electrons. The van der Waals surface area contributed by atoms with Crippen LogP contribution >= 0.6 is 0 Å². The van der Waals surface area contributed by atoms with E-state index < -0.39 is 12.7 Å². The molecule has 2 rings (SSSR count). The lowest BCUT2D eigenvalue weighted by Gasteiger charge is -2.13. The van der Waals surface area contributed by atoms with Crippen molar-refractivity contribution in [1.29, 1.82) is 5.26 Å². The van der Waals surface area contributed by atoms with Gasteiger partial charge >= 0.3 is 0 Å². The van der Waals surface area contributed by atoms with Crippen LogP contribution in [0.25, 0.3) is 10.8 Å². The van der Waals surface area contributed by atoms with Crippen molar-refractivity contribution in [3.63, 3.8) is 0 Å². The van der Waals surface area contributed by atoms with Gasteiger partial charge in [-0.25, -0.2) is 8.78 Å². The molecule has 5 heteroatoms. The molecule has 0 saturated heterocycles. The zero-order valence-electron chi connectivity index (χ0n) is 12.3. The number of nitriles is 1. The molecule has 0 aromatic heterocycles. The molecule has 2 aromatic rings. The van der Waals surface area contributed by atoms with Crippen molar-refractivity contribution in [1.82, 2.24) is 0 Å². The Balaban J connectivity index is 0.00000106. The summed E-state index contributed by atoms with van der Waals surface area (Å²) in [6.45, 7) is 4.77. The van der Waals surface area contributed by atoms with Crippen molar-refractivity contribution < 1.29 is 13.5 Å². The molecule has 0 heterocycles. The van der Waals surface area contributed by atoms with Crippen LogP contribution in [-0.2, 0) is 6.42 Å². The molecule has 0 amide bonds. The highest BCUT2D eigenvalue weighted by atomic mass is 19.1. The first-order chi connectivity index (χ1) is 10.1. The molecule has 0 aliphatic rings. The van der Waals surface area contributed by atoms with E-state index in [0.717, 1.165) is 5.56 Å². The molecule has 0 aliphatic carbocycles. The minimum atomic E-state index is -1.12. The molecule has 21 heavy (non-hydrogen) atoms. The Labute approximate surface area is 122 Å². The maximum absolute atomic E-state index is 13.8. The largest absolute Gasteiger partial charge is 0.461 e. The van der Waals surface area contributed by atoms with E-state index in [-0.39, 0.29) is 11.3 Å². The van der Waals surface area contributed by atoms with Gasteiger partial charge in [-0.05, 0) is 35.6 Å². The summed E-state index contributed by atoms with van der Waals surface area (Å²) < 4.78 is 31.1. The normalized spacial score (nSPS) is 9.71. The number of aryl methyl sites for hydroxylation is 1. The molecular weight excluding hydrogens is 274 g/mol. The molecule has 0 aliphatic heterocycles. The maximum atomic E-state index is 13.8. The Morgan fingerprint density at radius 3 is 2.48 bits per heavy atom. The quantitative estimate of drug-likeness (QED) is 0.857. The summed E-state index contributed by atoms with van der Waals surface area (Å²) in [5, 5.41) is 10.0. The fourth-order valence-electron chi connectivity index (χ4n) is 2.17. The summed E-state index contributed by atoms with van der Waals surface area (Å²) in [6, 6.07) is 6.21. The number of hydrogen-bond donors (Lipinski definition) is 1. The summed E-state index contributed by atoms with van der Waals surface area (Å²) in [5.74, 6) is -0.803. The predicted molar refractivity (Wildman–Crippen MR) is 80.4 cm³/mol. The van der Waals surface area contributed by atoms with Crippen molar-refractivity contribution in [3.8, 4) is 11.8 Å². The highest BCUT2D eigenvalue weighted by Crippen LogP contribution is 2.36. The second-order valence-electron chi connectivity index (χ2n) is 4.06. The third-order valence-corrected chi connectivity index (χ3v) is 2.94. The lowest BCUT2D eigenvalue weighted by atomic mass is 9.98. The fourth-order valence-corrected chi connectivity index (χ4v) is 2.17. The summed E-state index contributed by atoms with van der Waals surface area (Å²) in [4.78, 5) is 0. The van der Waals surface area contributed by atoms with E-state index in [2.05, 4.69) is 0 Å². The van der Waals surface area contributed by atoms with Crippen molar-refractivity contribution >= 4 is 16.5 Å². The minimum Gasteiger partial charge on any atom is -0.461 e. The standard InChI is InChI=1S/C14H12F2N2O.C2H6/c1-2-8-3-10(18)4-9-5-12(16)11(6-17)14(13(8)9)19-7-15;1-2/h3-5H,2,7,18H2,1H3;1-2H3. The predicted octanol–water partition coefficient (Wildman–Crippen LogP) is 4.33. The number of halogens is 2. The van der Waals surface area contributed by atoms with Crippen LogP contribution < -0.4 is 10.5 Å². The molecule has 3 nitrogen and oxygen atoms in total. The molecule has 2 aromatic carbocycles. The van der Waals surface area contributed by atoms with E-state index in [1.54, 1.807) is 18.2 Å². The molecule has 0 radical (unpaired) electrons. The van der Waals surface area contributed by atoms with Gasteiger partial charge in [-0.1, -0.05) is 20.8 Å². The zero-order chi connectivity index (χ0) is 16.0. The molecule has 0 spiro atoms. The summed E-state index contributed by atoms with van der Waals surface area (Å²) in [7, 11) is 0. The van der Waals surface area contributed by atoms with Crippen LogP contribution in [0.2, 0.25) is 0 Å². The number of alkyl halides is 1. The van der Waals surface area contributed by atoms with Crippen LogP contribution in [0, 0.1) is 17.1 Å². The monoisotopic (exact) mass is 292 g/mol. The Morgan fingerprint density at radius 1 is 1.29 bits per heavy atom. The van der Waals surface area contributed by atoms with E-state index >= 15 is 0 Å². The zero-order valence-corrected chi connectivity index (χ0v) is 12.3. The van der Waals surface area contributed by atoms with Crippen molar-refractivity contribution in [2.45, 2.75) is 27.2 Å². The SMILES string of the molecule is CC.CCc1cc(N)cc2cc(F)c(C#N)c(OCF)c12. The van der Waals surface area contributed by atoms with E-state index in [1.165, 1.54) is 6.07 Å². The van der Waals surface area contributed by atoms with E-state index in [9.17, 15) is 8.78 Å². The Bertz CT molecular complexity index is 678. The van der Waals surface area contributed by atoms with E-state index in [0.29, 0.717) is 22.9 Å². The van der Waals surface area contributed by atoms with Crippen LogP contribution in [0.4, 0.5) is 14.5 Å². The number of anilines is 1. The Hall–Kier alpha value is -2.35. The number of rotatable bonds is 3. The van der Waals surface area contributed by atoms with Crippen molar-refractivity contribution in [2.24, 2.45) is 0 Å². The highest BCUT2D eigenvalue weighted by Gasteiger charge is 2.17. The maximum Gasteiger partial charge on any atom is 0.228 e. The number of fused-ring (bicyclic) bond motifs is 1. The molecule has 2 N–H and O–H groups in total. The van der Waals surface area contributed by atoms with Gasteiger partial charge in [0.1, 0.15) is 17.4 Å². The molecule has 0 unspecified atom stereocenters. The highest BCUT2D eigenvalue weighted by molar-refractivity contribution is 5.95. The number of nitrogen functional groups attached to an aromatic ring is 1. The molecule has 0 atom stereocenters. The molecule has 0 bridgehead atoms. The average molecular weight is 292 g/mol. The van der Waals surface area contributed by atoms with Gasteiger partial charge in [-0.2, -0.15) is 5.26 Å². The topological polar surface area (TPSA) is 59.0 Å².